The highest BCUT2D eigenvalue weighted by atomic mass is 19.1. The van der Waals surface area contributed by atoms with Crippen molar-refractivity contribution in [3.05, 3.63) is 34.7 Å². The number of allylic oxidation sites excluding steroid dienone is 1. The van der Waals surface area contributed by atoms with Crippen molar-refractivity contribution < 1.29 is 9.50 Å². The minimum absolute atomic E-state index is 0.124. The van der Waals surface area contributed by atoms with Gasteiger partial charge in [-0.05, 0) is 12.1 Å². The van der Waals surface area contributed by atoms with Gasteiger partial charge < -0.3 is 10.8 Å². The number of nitrogens with zero attached hydrogens (tertiary/aromatic N) is 2. The molecule has 6 heteroatoms. The fourth-order valence-corrected chi connectivity index (χ4v) is 1.58. The van der Waals surface area contributed by atoms with Gasteiger partial charge in [-0.3, -0.25) is 4.57 Å². The Hall–Kier alpha value is -1.69. The monoisotopic (exact) mass is 211 g/mol. The Labute approximate surface area is 84.7 Å². The maximum Gasteiger partial charge on any atom is 0.350 e. The summed E-state index contributed by atoms with van der Waals surface area (Å²) in [5, 5.41) is 9.17. The molecule has 3 N–H and O–H groups in total. The van der Waals surface area contributed by atoms with E-state index in [1.165, 1.54) is 22.9 Å². The zero-order valence-electron chi connectivity index (χ0n) is 7.80. The second kappa shape index (κ2) is 3.47. The molecule has 0 unspecified atom stereocenters. The molecule has 0 amide bonds. The number of aliphatic hydroxyl groups is 1. The Kier molecular flexibility index (Phi) is 2.28. The average Bonchev–Trinajstić information content (AvgIpc) is 2.46. The number of hydrogen-bond acceptors (Lipinski definition) is 4. The van der Waals surface area contributed by atoms with E-state index in [4.69, 9.17) is 5.73 Å². The summed E-state index contributed by atoms with van der Waals surface area (Å²) in [6, 6.07) is 0.971. The molecule has 0 saturated heterocycles. The lowest BCUT2D eigenvalue weighted by Crippen LogP contribution is -2.26. The highest BCUT2D eigenvalue weighted by Gasteiger charge is 2.26. The maximum atomic E-state index is 12.9. The van der Waals surface area contributed by atoms with Gasteiger partial charge in [-0.25, -0.2) is 9.18 Å². The molecule has 2 atom stereocenters. The maximum absolute atomic E-state index is 12.9. The zero-order valence-corrected chi connectivity index (χ0v) is 7.80. The highest BCUT2D eigenvalue weighted by molar-refractivity contribution is 5.24. The molecule has 1 heterocycles. The second-order valence-corrected chi connectivity index (χ2v) is 3.41. The third-order valence-corrected chi connectivity index (χ3v) is 2.34. The molecule has 2 rings (SSSR count). The summed E-state index contributed by atoms with van der Waals surface area (Å²) >= 11 is 0. The first kappa shape index (κ1) is 9.85. The fraction of sp³-hybridized carbons (Fsp3) is 0.333. The van der Waals surface area contributed by atoms with E-state index in [1.54, 1.807) is 0 Å². The number of nitrogens with two attached hydrogens (primary N) is 1. The molecule has 1 aromatic heterocycles. The van der Waals surface area contributed by atoms with Gasteiger partial charge in [0.25, 0.3) is 0 Å². The van der Waals surface area contributed by atoms with Crippen LogP contribution in [0.15, 0.2) is 29.0 Å². The molecule has 0 spiro atoms. The van der Waals surface area contributed by atoms with Crippen molar-refractivity contribution >= 4 is 5.82 Å². The largest absolute Gasteiger partial charge is 0.386 e. The van der Waals surface area contributed by atoms with Crippen LogP contribution in [0.2, 0.25) is 0 Å². The van der Waals surface area contributed by atoms with Crippen molar-refractivity contribution in [1.29, 1.82) is 0 Å². The number of anilines is 1. The Morgan fingerprint density at radius 3 is 2.93 bits per heavy atom. The van der Waals surface area contributed by atoms with E-state index in [0.717, 1.165) is 0 Å². The molecule has 1 aliphatic carbocycles. The van der Waals surface area contributed by atoms with Crippen LogP contribution >= 0.6 is 0 Å². The normalized spacial score (nSPS) is 25.3. The summed E-state index contributed by atoms with van der Waals surface area (Å²) in [6.45, 7) is 0. The summed E-state index contributed by atoms with van der Waals surface area (Å²) in [7, 11) is 0. The molecule has 80 valence electrons. The molecular formula is C9H10FN3O2. The number of nitrogen functional groups attached to an aromatic ring is 1. The Balaban J connectivity index is 2.36. The van der Waals surface area contributed by atoms with Gasteiger partial charge in [0.05, 0.1) is 6.04 Å². The molecule has 0 bridgehead atoms. The minimum Gasteiger partial charge on any atom is -0.386 e. The smallest absolute Gasteiger partial charge is 0.350 e. The SMILES string of the molecule is Nc1ccn([C@H]2C=C(F)[C@@H](O)C2)c(=O)n1. The fourth-order valence-electron chi connectivity index (χ4n) is 1.58. The van der Waals surface area contributed by atoms with E-state index in [1.807, 2.05) is 0 Å². The Morgan fingerprint density at radius 1 is 1.67 bits per heavy atom. The van der Waals surface area contributed by atoms with Crippen molar-refractivity contribution in [2.24, 2.45) is 0 Å². The quantitative estimate of drug-likeness (QED) is 0.684. The predicted octanol–water partition coefficient (Wildman–Crippen LogP) is -0.0154. The molecule has 0 radical (unpaired) electrons. The topological polar surface area (TPSA) is 81.1 Å². The average molecular weight is 211 g/mol. The summed E-state index contributed by atoms with van der Waals surface area (Å²) in [5.74, 6) is -0.483. The Bertz CT molecular complexity index is 469. The van der Waals surface area contributed by atoms with Crippen LogP contribution in [-0.4, -0.2) is 20.8 Å². The summed E-state index contributed by atoms with van der Waals surface area (Å²) in [5.41, 5.74) is 4.77. The number of hydrogen-bond donors (Lipinski definition) is 2. The number of halogens is 1. The van der Waals surface area contributed by atoms with Crippen molar-refractivity contribution in [1.82, 2.24) is 9.55 Å². The molecule has 15 heavy (non-hydrogen) atoms. The first-order chi connectivity index (χ1) is 7.08. The van der Waals surface area contributed by atoms with Gasteiger partial charge in [-0.2, -0.15) is 4.98 Å². The van der Waals surface area contributed by atoms with E-state index < -0.39 is 23.7 Å². The van der Waals surface area contributed by atoms with Gasteiger partial charge in [0.2, 0.25) is 0 Å². The minimum atomic E-state index is -1.13. The molecule has 0 aromatic carbocycles. The van der Waals surface area contributed by atoms with Crippen LogP contribution in [0, 0.1) is 0 Å². The molecule has 0 aliphatic heterocycles. The van der Waals surface area contributed by atoms with Crippen LogP contribution in [0.4, 0.5) is 10.2 Å². The van der Waals surface area contributed by atoms with Crippen molar-refractivity contribution in [2.75, 3.05) is 5.73 Å². The first-order valence-corrected chi connectivity index (χ1v) is 4.48. The van der Waals surface area contributed by atoms with E-state index >= 15 is 0 Å². The van der Waals surface area contributed by atoms with Crippen LogP contribution in [0.25, 0.3) is 0 Å². The van der Waals surface area contributed by atoms with Crippen LogP contribution in [0.5, 0.6) is 0 Å². The van der Waals surface area contributed by atoms with Crippen LogP contribution in [0.1, 0.15) is 12.5 Å². The summed E-state index contributed by atoms with van der Waals surface area (Å²) in [4.78, 5) is 14.9. The lowest BCUT2D eigenvalue weighted by molar-refractivity contribution is 0.177. The number of aromatic nitrogens is 2. The van der Waals surface area contributed by atoms with Crippen LogP contribution in [-0.2, 0) is 0 Å². The van der Waals surface area contributed by atoms with Crippen LogP contribution in [0.3, 0.4) is 0 Å². The van der Waals surface area contributed by atoms with Gasteiger partial charge in [-0.1, -0.05) is 0 Å². The van der Waals surface area contributed by atoms with Gasteiger partial charge in [0.15, 0.2) is 0 Å². The standard InChI is InChI=1S/C9H10FN3O2/c10-6-3-5(4-7(6)14)13-2-1-8(11)12-9(13)15/h1-3,5,7,14H,4H2,(H2,11,12,15)/t5-,7-/m0/s1. The van der Waals surface area contributed by atoms with Crippen molar-refractivity contribution in [3.8, 4) is 0 Å². The lowest BCUT2D eigenvalue weighted by Gasteiger charge is -2.11. The van der Waals surface area contributed by atoms with Crippen molar-refractivity contribution in [2.45, 2.75) is 18.6 Å². The molecule has 0 fully saturated rings. The second-order valence-electron chi connectivity index (χ2n) is 3.41. The number of aliphatic hydroxyl groups excluding tert-OH is 1. The highest BCUT2D eigenvalue weighted by Crippen LogP contribution is 2.28. The van der Waals surface area contributed by atoms with E-state index in [2.05, 4.69) is 4.98 Å². The third kappa shape index (κ3) is 1.75. The van der Waals surface area contributed by atoms with E-state index in [-0.39, 0.29) is 12.2 Å². The van der Waals surface area contributed by atoms with Gasteiger partial charge in [0, 0.05) is 12.6 Å². The first-order valence-electron chi connectivity index (χ1n) is 4.48. The molecular weight excluding hydrogens is 201 g/mol. The molecule has 5 nitrogen and oxygen atoms in total. The summed E-state index contributed by atoms with van der Waals surface area (Å²) < 4.78 is 14.2. The van der Waals surface area contributed by atoms with Gasteiger partial charge in [0.1, 0.15) is 17.7 Å². The molecule has 1 aromatic rings. The van der Waals surface area contributed by atoms with Crippen LogP contribution < -0.4 is 11.4 Å². The van der Waals surface area contributed by atoms with E-state index in [9.17, 15) is 14.3 Å². The summed E-state index contributed by atoms with van der Waals surface area (Å²) in [6.07, 6.45) is 1.68. The van der Waals surface area contributed by atoms with Crippen molar-refractivity contribution in [3.63, 3.8) is 0 Å². The van der Waals surface area contributed by atoms with Gasteiger partial charge >= 0.3 is 5.69 Å². The molecule has 0 saturated carbocycles. The number of rotatable bonds is 1. The zero-order chi connectivity index (χ0) is 11.0. The van der Waals surface area contributed by atoms with Gasteiger partial charge in [-0.15, -0.1) is 0 Å². The third-order valence-electron chi connectivity index (χ3n) is 2.34. The molecule has 1 aliphatic rings. The van der Waals surface area contributed by atoms with E-state index in [0.29, 0.717) is 0 Å². The Morgan fingerprint density at radius 2 is 2.40 bits per heavy atom. The predicted molar refractivity (Wildman–Crippen MR) is 51.8 cm³/mol. The lowest BCUT2D eigenvalue weighted by atomic mass is 10.2.